The van der Waals surface area contributed by atoms with Crippen LogP contribution in [0.2, 0.25) is 0 Å². The van der Waals surface area contributed by atoms with E-state index in [0.717, 1.165) is 11.7 Å². The van der Waals surface area contributed by atoms with E-state index in [1.54, 1.807) is 12.1 Å². The Balaban J connectivity index is 2.84. The van der Waals surface area contributed by atoms with Crippen molar-refractivity contribution in [3.63, 3.8) is 0 Å². The molecule has 0 aliphatic carbocycles. The fourth-order valence-corrected chi connectivity index (χ4v) is 1.34. The van der Waals surface area contributed by atoms with Gasteiger partial charge < -0.3 is 4.74 Å². The number of nitrogens with zero attached hydrogens (tertiary/aromatic N) is 2. The Hall–Kier alpha value is -1.97. The van der Waals surface area contributed by atoms with Crippen molar-refractivity contribution in [3.05, 3.63) is 30.1 Å². The lowest BCUT2D eigenvalue weighted by molar-refractivity contribution is 0.112. The topological polar surface area (TPSA) is 52.1 Å². The summed E-state index contributed by atoms with van der Waals surface area (Å²) in [5.74, 6) is 0.485. The van der Waals surface area contributed by atoms with Crippen LogP contribution in [0.15, 0.2) is 24.5 Å². The first kappa shape index (κ1) is 8.62. The van der Waals surface area contributed by atoms with Gasteiger partial charge in [0.15, 0.2) is 6.29 Å². The van der Waals surface area contributed by atoms with Gasteiger partial charge in [0.1, 0.15) is 6.33 Å². The Morgan fingerprint density at radius 3 is 2.93 bits per heavy atom. The molecule has 0 amide bonds. The summed E-state index contributed by atoms with van der Waals surface area (Å²) < 4.78 is 5.06. The lowest BCUT2D eigenvalue weighted by atomic mass is 10.1. The maximum absolute atomic E-state index is 10.7. The quantitative estimate of drug-likeness (QED) is 0.669. The molecule has 0 bridgehead atoms. The number of fused-ring (bicyclic) bond motifs is 1. The first-order valence-electron chi connectivity index (χ1n) is 4.09. The molecule has 0 aliphatic heterocycles. The third kappa shape index (κ3) is 1.21. The van der Waals surface area contributed by atoms with Crippen LogP contribution in [-0.2, 0) is 0 Å². The molecular weight excluding hydrogens is 180 g/mol. The van der Waals surface area contributed by atoms with Crippen LogP contribution in [0.1, 0.15) is 10.4 Å². The highest BCUT2D eigenvalue weighted by molar-refractivity contribution is 5.97. The number of methoxy groups -OCH3 is 1. The van der Waals surface area contributed by atoms with Crippen LogP contribution in [0, 0.1) is 0 Å². The number of hydrogen-bond donors (Lipinski definition) is 0. The van der Waals surface area contributed by atoms with E-state index in [4.69, 9.17) is 4.74 Å². The van der Waals surface area contributed by atoms with E-state index in [2.05, 4.69) is 9.97 Å². The van der Waals surface area contributed by atoms with E-state index in [1.807, 2.05) is 6.07 Å². The minimum Gasteiger partial charge on any atom is -0.480 e. The van der Waals surface area contributed by atoms with E-state index < -0.39 is 0 Å². The second-order valence-corrected chi connectivity index (χ2v) is 2.74. The molecule has 14 heavy (non-hydrogen) atoms. The van der Waals surface area contributed by atoms with E-state index in [0.29, 0.717) is 17.0 Å². The van der Waals surface area contributed by atoms with Crippen LogP contribution in [0.5, 0.6) is 5.88 Å². The molecule has 1 heterocycles. The Morgan fingerprint density at radius 2 is 2.21 bits per heavy atom. The number of carbonyl (C=O) groups excluding carboxylic acids is 1. The minimum absolute atomic E-state index is 0.485. The second-order valence-electron chi connectivity index (χ2n) is 2.74. The Morgan fingerprint density at radius 1 is 1.36 bits per heavy atom. The van der Waals surface area contributed by atoms with Crippen molar-refractivity contribution >= 4 is 17.2 Å². The van der Waals surface area contributed by atoms with Gasteiger partial charge in [0.2, 0.25) is 5.88 Å². The fourth-order valence-electron chi connectivity index (χ4n) is 1.34. The average molecular weight is 188 g/mol. The highest BCUT2D eigenvalue weighted by Gasteiger charge is 2.06. The second kappa shape index (κ2) is 3.41. The van der Waals surface area contributed by atoms with Crippen LogP contribution in [0.4, 0.5) is 0 Å². The molecule has 1 aromatic carbocycles. The average Bonchev–Trinajstić information content (AvgIpc) is 2.27. The summed E-state index contributed by atoms with van der Waals surface area (Å²) in [6, 6.07) is 5.31. The van der Waals surface area contributed by atoms with Gasteiger partial charge in [0, 0.05) is 5.56 Å². The number of para-hydroxylation sites is 1. The minimum atomic E-state index is 0.485. The zero-order valence-corrected chi connectivity index (χ0v) is 7.60. The Labute approximate surface area is 80.6 Å². The van der Waals surface area contributed by atoms with Gasteiger partial charge in [-0.2, -0.15) is 0 Å². The first-order valence-corrected chi connectivity index (χ1v) is 4.09. The molecule has 2 rings (SSSR count). The van der Waals surface area contributed by atoms with Crippen LogP contribution < -0.4 is 4.74 Å². The van der Waals surface area contributed by atoms with Gasteiger partial charge in [-0.1, -0.05) is 6.07 Å². The SMILES string of the molecule is COc1ncnc2c(C=O)cccc12. The van der Waals surface area contributed by atoms with Crippen LogP contribution >= 0.6 is 0 Å². The summed E-state index contributed by atoms with van der Waals surface area (Å²) in [5, 5.41) is 0.750. The zero-order valence-electron chi connectivity index (χ0n) is 7.60. The molecule has 70 valence electrons. The van der Waals surface area contributed by atoms with Gasteiger partial charge in [-0.05, 0) is 12.1 Å². The van der Waals surface area contributed by atoms with Crippen molar-refractivity contribution in [1.29, 1.82) is 0 Å². The molecular formula is C10H8N2O2. The molecule has 0 saturated heterocycles. The molecule has 0 aliphatic rings. The van der Waals surface area contributed by atoms with Gasteiger partial charge in [-0.3, -0.25) is 4.79 Å². The number of carbonyl (C=O) groups is 1. The monoisotopic (exact) mass is 188 g/mol. The molecule has 0 N–H and O–H groups in total. The molecule has 0 atom stereocenters. The van der Waals surface area contributed by atoms with Crippen LogP contribution in [-0.4, -0.2) is 23.4 Å². The molecule has 0 spiro atoms. The first-order chi connectivity index (χ1) is 6.86. The van der Waals surface area contributed by atoms with Crippen molar-refractivity contribution in [1.82, 2.24) is 9.97 Å². The van der Waals surface area contributed by atoms with Crippen molar-refractivity contribution in [2.45, 2.75) is 0 Å². The van der Waals surface area contributed by atoms with Gasteiger partial charge in [-0.15, -0.1) is 0 Å². The third-order valence-corrected chi connectivity index (χ3v) is 1.98. The summed E-state index contributed by atoms with van der Waals surface area (Å²) in [7, 11) is 1.54. The summed E-state index contributed by atoms with van der Waals surface area (Å²) >= 11 is 0. The number of hydrogen-bond acceptors (Lipinski definition) is 4. The molecule has 4 heteroatoms. The van der Waals surface area contributed by atoms with Crippen molar-refractivity contribution < 1.29 is 9.53 Å². The number of ether oxygens (including phenoxy) is 1. The van der Waals surface area contributed by atoms with Crippen molar-refractivity contribution in [2.24, 2.45) is 0 Å². The smallest absolute Gasteiger partial charge is 0.224 e. The molecule has 0 saturated carbocycles. The number of rotatable bonds is 2. The Kier molecular flexibility index (Phi) is 2.10. The maximum atomic E-state index is 10.7. The summed E-state index contributed by atoms with van der Waals surface area (Å²) in [6.07, 6.45) is 2.16. The van der Waals surface area contributed by atoms with E-state index in [9.17, 15) is 4.79 Å². The molecule has 4 nitrogen and oxygen atoms in total. The standard InChI is InChI=1S/C10H8N2O2/c1-14-10-8-4-2-3-7(5-13)9(8)11-6-12-10/h2-6H,1H3. The third-order valence-electron chi connectivity index (χ3n) is 1.98. The number of benzene rings is 1. The highest BCUT2D eigenvalue weighted by Crippen LogP contribution is 2.22. The van der Waals surface area contributed by atoms with Gasteiger partial charge >= 0.3 is 0 Å². The van der Waals surface area contributed by atoms with Crippen LogP contribution in [0.25, 0.3) is 10.9 Å². The number of aldehydes is 1. The lowest BCUT2D eigenvalue weighted by Crippen LogP contribution is -1.93. The molecule has 0 fully saturated rings. The van der Waals surface area contributed by atoms with Crippen molar-refractivity contribution in [2.75, 3.05) is 7.11 Å². The summed E-state index contributed by atoms with van der Waals surface area (Å²) in [5.41, 5.74) is 1.16. The molecule has 1 aromatic heterocycles. The normalized spacial score (nSPS) is 10.1. The van der Waals surface area contributed by atoms with Crippen LogP contribution in [0.3, 0.4) is 0 Å². The molecule has 0 unspecified atom stereocenters. The highest BCUT2D eigenvalue weighted by atomic mass is 16.5. The predicted octanol–water partition coefficient (Wildman–Crippen LogP) is 1.45. The molecule has 2 aromatic rings. The fraction of sp³-hybridized carbons (Fsp3) is 0.100. The van der Waals surface area contributed by atoms with E-state index in [1.165, 1.54) is 13.4 Å². The van der Waals surface area contributed by atoms with Gasteiger partial charge in [0.05, 0.1) is 18.0 Å². The maximum Gasteiger partial charge on any atom is 0.224 e. The summed E-state index contributed by atoms with van der Waals surface area (Å²) in [6.45, 7) is 0. The van der Waals surface area contributed by atoms with Crippen molar-refractivity contribution in [3.8, 4) is 5.88 Å². The predicted molar refractivity (Wildman–Crippen MR) is 51.5 cm³/mol. The van der Waals surface area contributed by atoms with E-state index >= 15 is 0 Å². The lowest BCUT2D eigenvalue weighted by Gasteiger charge is -2.03. The van der Waals surface area contributed by atoms with Gasteiger partial charge in [0.25, 0.3) is 0 Å². The Bertz CT molecular complexity index is 483. The number of aromatic nitrogens is 2. The molecule has 0 radical (unpaired) electrons. The van der Waals surface area contributed by atoms with Gasteiger partial charge in [-0.25, -0.2) is 9.97 Å². The summed E-state index contributed by atoms with van der Waals surface area (Å²) in [4.78, 5) is 18.7. The largest absolute Gasteiger partial charge is 0.480 e. The van der Waals surface area contributed by atoms with E-state index in [-0.39, 0.29) is 0 Å². The zero-order chi connectivity index (χ0) is 9.97.